The van der Waals surface area contributed by atoms with Gasteiger partial charge in [-0.1, -0.05) is 13.8 Å². The van der Waals surface area contributed by atoms with E-state index in [2.05, 4.69) is 31.1 Å². The van der Waals surface area contributed by atoms with Gasteiger partial charge in [0.15, 0.2) is 0 Å². The average Bonchev–Trinajstić information content (AvgIpc) is 2.36. The lowest BCUT2D eigenvalue weighted by Crippen LogP contribution is -2.39. The minimum absolute atomic E-state index is 0.671. The molecule has 1 aliphatic rings. The van der Waals surface area contributed by atoms with Gasteiger partial charge >= 0.3 is 0 Å². The summed E-state index contributed by atoms with van der Waals surface area (Å²) in [5.41, 5.74) is 0. The van der Waals surface area contributed by atoms with Gasteiger partial charge in [0.05, 0.1) is 0 Å². The number of ether oxygens (including phenoxy) is 1. The van der Waals surface area contributed by atoms with Gasteiger partial charge in [-0.2, -0.15) is 0 Å². The van der Waals surface area contributed by atoms with Crippen LogP contribution in [0.5, 0.6) is 0 Å². The normalized spacial score (nSPS) is 20.2. The molecule has 0 spiro atoms. The van der Waals surface area contributed by atoms with Gasteiger partial charge in [-0.3, -0.25) is 0 Å². The van der Waals surface area contributed by atoms with Crippen LogP contribution in [0.4, 0.5) is 0 Å². The highest BCUT2D eigenvalue weighted by Crippen LogP contribution is 2.20. The second-order valence-corrected chi connectivity index (χ2v) is 4.66. The summed E-state index contributed by atoms with van der Waals surface area (Å²) in [5.74, 6) is 0.814. The van der Waals surface area contributed by atoms with Gasteiger partial charge in [-0.25, -0.2) is 0 Å². The van der Waals surface area contributed by atoms with Crippen LogP contribution in [0.3, 0.4) is 0 Å². The van der Waals surface area contributed by atoms with Crippen molar-refractivity contribution in [2.45, 2.75) is 39.2 Å². The van der Waals surface area contributed by atoms with E-state index in [9.17, 15) is 0 Å². The predicted octanol–water partition coefficient (Wildman–Crippen LogP) is 1.73. The second-order valence-electron chi connectivity index (χ2n) is 4.66. The van der Waals surface area contributed by atoms with Gasteiger partial charge in [0, 0.05) is 19.3 Å². The Bertz CT molecular complexity index is 165. The Morgan fingerprint density at radius 1 is 1.25 bits per heavy atom. The fourth-order valence-electron chi connectivity index (χ4n) is 2.60. The van der Waals surface area contributed by atoms with E-state index in [0.717, 1.165) is 19.1 Å². The molecule has 0 amide bonds. The van der Waals surface area contributed by atoms with Crippen LogP contribution in [0.1, 0.15) is 33.1 Å². The zero-order valence-electron chi connectivity index (χ0n) is 11.2. The van der Waals surface area contributed by atoms with Crippen LogP contribution in [-0.2, 0) is 4.74 Å². The van der Waals surface area contributed by atoms with E-state index in [-0.39, 0.29) is 0 Å². The molecule has 0 aromatic heterocycles. The van der Waals surface area contributed by atoms with Crippen LogP contribution in [0.15, 0.2) is 0 Å². The fourth-order valence-corrected chi connectivity index (χ4v) is 2.60. The van der Waals surface area contributed by atoms with Crippen molar-refractivity contribution in [2.75, 3.05) is 39.9 Å². The van der Waals surface area contributed by atoms with Crippen molar-refractivity contribution in [1.82, 2.24) is 10.2 Å². The maximum absolute atomic E-state index is 5.42. The number of nitrogens with one attached hydrogen (secondary N) is 1. The molecule has 0 aliphatic carbocycles. The van der Waals surface area contributed by atoms with Crippen molar-refractivity contribution in [3.63, 3.8) is 0 Å². The molecule has 0 radical (unpaired) electrons. The van der Waals surface area contributed by atoms with E-state index in [1.54, 1.807) is 0 Å². The molecule has 1 unspecified atom stereocenters. The van der Waals surface area contributed by atoms with Crippen LogP contribution < -0.4 is 5.32 Å². The summed E-state index contributed by atoms with van der Waals surface area (Å²) in [6.45, 7) is 9.94. The Morgan fingerprint density at radius 2 is 1.88 bits per heavy atom. The van der Waals surface area contributed by atoms with Gasteiger partial charge in [0.2, 0.25) is 0 Å². The molecular weight excluding hydrogens is 200 g/mol. The first kappa shape index (κ1) is 13.9. The molecule has 3 heteroatoms. The Hall–Kier alpha value is -0.120. The highest BCUT2D eigenvalue weighted by atomic mass is 16.5. The largest absolute Gasteiger partial charge is 0.381 e. The van der Waals surface area contributed by atoms with E-state index in [0.29, 0.717) is 6.04 Å². The lowest BCUT2D eigenvalue weighted by molar-refractivity contribution is 0.0522. The van der Waals surface area contributed by atoms with E-state index >= 15 is 0 Å². The standard InChI is InChI=1S/C13H28N2O/c1-4-15(5-2)9-6-13(14-3)12-7-10-16-11-8-12/h12-14H,4-11H2,1-3H3. The smallest absolute Gasteiger partial charge is 0.0469 e. The molecule has 0 saturated carbocycles. The van der Waals surface area contributed by atoms with Gasteiger partial charge in [0.1, 0.15) is 0 Å². The zero-order valence-corrected chi connectivity index (χ0v) is 11.2. The number of hydrogen-bond donors (Lipinski definition) is 1. The van der Waals surface area contributed by atoms with Crippen LogP contribution in [0.2, 0.25) is 0 Å². The molecule has 3 nitrogen and oxygen atoms in total. The minimum atomic E-state index is 0.671. The molecule has 1 fully saturated rings. The quantitative estimate of drug-likeness (QED) is 0.718. The summed E-state index contributed by atoms with van der Waals surface area (Å²) in [4.78, 5) is 2.50. The maximum Gasteiger partial charge on any atom is 0.0469 e. The molecule has 1 atom stereocenters. The molecule has 96 valence electrons. The van der Waals surface area contributed by atoms with Crippen molar-refractivity contribution < 1.29 is 4.74 Å². The molecule has 0 aromatic rings. The maximum atomic E-state index is 5.42. The van der Waals surface area contributed by atoms with Gasteiger partial charge < -0.3 is 15.0 Å². The van der Waals surface area contributed by atoms with E-state index in [1.807, 2.05) is 0 Å². The lowest BCUT2D eigenvalue weighted by Gasteiger charge is -2.31. The average molecular weight is 228 g/mol. The number of rotatable bonds is 7. The first-order chi connectivity index (χ1) is 7.81. The second kappa shape index (κ2) is 8.04. The summed E-state index contributed by atoms with van der Waals surface area (Å²) in [6.07, 6.45) is 3.72. The van der Waals surface area contributed by atoms with Crippen LogP contribution in [0.25, 0.3) is 0 Å². The van der Waals surface area contributed by atoms with Crippen LogP contribution in [-0.4, -0.2) is 50.8 Å². The Balaban J connectivity index is 2.29. The van der Waals surface area contributed by atoms with Gasteiger partial charge in [-0.15, -0.1) is 0 Å². The summed E-state index contributed by atoms with van der Waals surface area (Å²) in [7, 11) is 2.10. The van der Waals surface area contributed by atoms with Crippen LogP contribution in [0, 0.1) is 5.92 Å². The fraction of sp³-hybridized carbons (Fsp3) is 1.00. The number of nitrogens with zero attached hydrogens (tertiary/aromatic N) is 1. The number of hydrogen-bond acceptors (Lipinski definition) is 3. The van der Waals surface area contributed by atoms with Crippen molar-refractivity contribution >= 4 is 0 Å². The van der Waals surface area contributed by atoms with Crippen molar-refractivity contribution in [2.24, 2.45) is 5.92 Å². The van der Waals surface area contributed by atoms with E-state index < -0.39 is 0 Å². The van der Waals surface area contributed by atoms with Crippen molar-refractivity contribution in [1.29, 1.82) is 0 Å². The SMILES string of the molecule is CCN(CC)CCC(NC)C1CCOCC1. The third kappa shape index (κ3) is 4.40. The third-order valence-electron chi connectivity index (χ3n) is 3.86. The topological polar surface area (TPSA) is 24.5 Å². The highest BCUT2D eigenvalue weighted by molar-refractivity contribution is 4.78. The highest BCUT2D eigenvalue weighted by Gasteiger charge is 2.22. The van der Waals surface area contributed by atoms with Crippen molar-refractivity contribution in [3.05, 3.63) is 0 Å². The molecule has 0 bridgehead atoms. The Morgan fingerprint density at radius 3 is 2.38 bits per heavy atom. The van der Waals surface area contributed by atoms with E-state index in [4.69, 9.17) is 4.74 Å². The molecular formula is C13H28N2O. The first-order valence-corrected chi connectivity index (χ1v) is 6.79. The molecule has 16 heavy (non-hydrogen) atoms. The molecule has 1 N–H and O–H groups in total. The van der Waals surface area contributed by atoms with Crippen molar-refractivity contribution in [3.8, 4) is 0 Å². The molecule has 0 aromatic carbocycles. The van der Waals surface area contributed by atoms with E-state index in [1.165, 1.54) is 38.9 Å². The van der Waals surface area contributed by atoms with Gasteiger partial charge in [0.25, 0.3) is 0 Å². The summed E-state index contributed by atoms with van der Waals surface area (Å²) < 4.78 is 5.42. The lowest BCUT2D eigenvalue weighted by atomic mass is 9.89. The predicted molar refractivity (Wildman–Crippen MR) is 68.8 cm³/mol. The van der Waals surface area contributed by atoms with Crippen LogP contribution >= 0.6 is 0 Å². The summed E-state index contributed by atoms with van der Waals surface area (Å²) >= 11 is 0. The Labute approximate surface area is 101 Å². The molecule has 1 heterocycles. The monoisotopic (exact) mass is 228 g/mol. The summed E-state index contributed by atoms with van der Waals surface area (Å²) in [5, 5.41) is 3.49. The summed E-state index contributed by atoms with van der Waals surface area (Å²) in [6, 6.07) is 0.671. The zero-order chi connectivity index (χ0) is 11.8. The van der Waals surface area contributed by atoms with Gasteiger partial charge in [-0.05, 0) is 51.9 Å². The molecule has 1 aliphatic heterocycles. The third-order valence-corrected chi connectivity index (χ3v) is 3.86. The first-order valence-electron chi connectivity index (χ1n) is 6.79. The molecule has 1 rings (SSSR count). The molecule has 1 saturated heterocycles. The Kier molecular flexibility index (Phi) is 7.01. The minimum Gasteiger partial charge on any atom is -0.381 e.